The molecular formula is C31H36N4O6. The molecule has 1 saturated carbocycles. The van der Waals surface area contributed by atoms with Crippen LogP contribution in [0.25, 0.3) is 11.0 Å². The van der Waals surface area contributed by atoms with Crippen LogP contribution in [0.4, 0.5) is 4.79 Å². The second-order valence-corrected chi connectivity index (χ2v) is 11.7. The fourth-order valence-electron chi connectivity index (χ4n) is 6.92. The average molecular weight is 561 g/mol. The van der Waals surface area contributed by atoms with E-state index in [9.17, 15) is 24.3 Å². The summed E-state index contributed by atoms with van der Waals surface area (Å²) in [6.07, 6.45) is 4.56. The van der Waals surface area contributed by atoms with E-state index in [0.717, 1.165) is 35.9 Å². The molecule has 0 radical (unpaired) electrons. The van der Waals surface area contributed by atoms with Gasteiger partial charge in [-0.25, -0.2) is 9.59 Å². The molecule has 3 amide bonds. The van der Waals surface area contributed by atoms with Crippen molar-refractivity contribution in [2.24, 2.45) is 13.0 Å². The second-order valence-electron chi connectivity index (χ2n) is 11.7. The summed E-state index contributed by atoms with van der Waals surface area (Å²) >= 11 is 0. The van der Waals surface area contributed by atoms with Gasteiger partial charge in [-0.1, -0.05) is 42.5 Å². The third-order valence-corrected chi connectivity index (χ3v) is 9.02. The number of hydrogen-bond acceptors (Lipinski definition) is 5. The Balaban J connectivity index is 1.10. The number of rotatable bonds is 7. The zero-order valence-electron chi connectivity index (χ0n) is 23.2. The molecule has 2 aromatic carbocycles. The second kappa shape index (κ2) is 11.2. The van der Waals surface area contributed by atoms with Gasteiger partial charge in [0.05, 0.1) is 23.2 Å². The minimum absolute atomic E-state index is 0.0390. The molecule has 0 spiro atoms. The summed E-state index contributed by atoms with van der Waals surface area (Å²) in [4.78, 5) is 50.8. The van der Waals surface area contributed by atoms with Gasteiger partial charge in [-0.05, 0) is 68.1 Å². The van der Waals surface area contributed by atoms with Crippen molar-refractivity contribution in [3.8, 4) is 0 Å². The standard InChI is InChI=1S/C31H36N4O6/c1-33-28-21(8-5-9-25(28)35(30(33)38)26-10-11-27(36)32-29(26)37)14-20-16-24(17-20)41-23-12-13-34(31(39)40)22(18-23)15-19-6-3-2-4-7-19/h2-9,20,22-24,26H,10-18H2,1H3,(H,39,40)(H,32,36,37). The lowest BCUT2D eigenvalue weighted by Gasteiger charge is -2.42. The van der Waals surface area contributed by atoms with E-state index in [-0.39, 0.29) is 36.3 Å². The molecular weight excluding hydrogens is 524 g/mol. The number of amides is 3. The Bertz CT molecular complexity index is 1520. The van der Waals surface area contributed by atoms with Gasteiger partial charge in [0.25, 0.3) is 0 Å². The van der Waals surface area contributed by atoms with Crippen molar-refractivity contribution in [2.75, 3.05) is 6.54 Å². The SMILES string of the molecule is Cn1c(=O)n(C2CCC(=O)NC2=O)c2cccc(CC3CC(OC4CCN(C(=O)O)C(Cc5ccccc5)C4)C3)c21. The molecule has 41 heavy (non-hydrogen) atoms. The maximum Gasteiger partial charge on any atom is 0.407 e. The number of carbonyl (C=O) groups excluding carboxylic acids is 2. The third-order valence-electron chi connectivity index (χ3n) is 9.02. The lowest BCUT2D eigenvalue weighted by atomic mass is 9.78. The first-order chi connectivity index (χ1) is 19.8. The van der Waals surface area contributed by atoms with E-state index in [0.29, 0.717) is 43.7 Å². The molecule has 3 aromatic rings. The van der Waals surface area contributed by atoms with Gasteiger partial charge in [0.2, 0.25) is 11.8 Å². The molecule has 0 bridgehead atoms. The molecule has 2 N–H and O–H groups in total. The highest BCUT2D eigenvalue weighted by Gasteiger charge is 2.37. The molecule has 10 heteroatoms. The number of para-hydroxylation sites is 1. The van der Waals surface area contributed by atoms with E-state index < -0.39 is 18.0 Å². The number of nitrogens with zero attached hydrogens (tertiary/aromatic N) is 3. The molecule has 1 aliphatic carbocycles. The minimum atomic E-state index is -0.872. The van der Waals surface area contributed by atoms with Gasteiger partial charge in [-0.3, -0.25) is 24.0 Å². The molecule has 3 unspecified atom stereocenters. The van der Waals surface area contributed by atoms with Gasteiger partial charge in [-0.2, -0.15) is 0 Å². The number of imide groups is 1. The molecule has 6 rings (SSSR count). The molecule has 216 valence electrons. The summed E-state index contributed by atoms with van der Waals surface area (Å²) in [5, 5.41) is 12.1. The first-order valence-corrected chi connectivity index (χ1v) is 14.5. The first kappa shape index (κ1) is 27.3. The number of piperidine rings is 2. The van der Waals surface area contributed by atoms with Crippen LogP contribution in [0.1, 0.15) is 55.7 Å². The quantitative estimate of drug-likeness (QED) is 0.427. The summed E-state index contributed by atoms with van der Waals surface area (Å²) in [6.45, 7) is 0.480. The highest BCUT2D eigenvalue weighted by molar-refractivity contribution is 6.00. The van der Waals surface area contributed by atoms with Gasteiger partial charge in [-0.15, -0.1) is 0 Å². The Kier molecular flexibility index (Phi) is 7.42. The summed E-state index contributed by atoms with van der Waals surface area (Å²) in [7, 11) is 1.73. The number of aryl methyl sites for hydroxylation is 1. The molecule has 3 fully saturated rings. The van der Waals surface area contributed by atoms with Crippen LogP contribution in [0.2, 0.25) is 0 Å². The average Bonchev–Trinajstić information content (AvgIpc) is 3.18. The largest absolute Gasteiger partial charge is 0.465 e. The van der Waals surface area contributed by atoms with Crippen molar-refractivity contribution in [3.05, 3.63) is 70.1 Å². The predicted molar refractivity (Wildman–Crippen MR) is 152 cm³/mol. The van der Waals surface area contributed by atoms with E-state index in [1.807, 2.05) is 48.5 Å². The topological polar surface area (TPSA) is 123 Å². The summed E-state index contributed by atoms with van der Waals surface area (Å²) < 4.78 is 9.62. The maximum atomic E-state index is 13.2. The van der Waals surface area contributed by atoms with E-state index in [1.165, 1.54) is 4.57 Å². The number of hydrogen-bond donors (Lipinski definition) is 2. The van der Waals surface area contributed by atoms with E-state index in [4.69, 9.17) is 4.74 Å². The van der Waals surface area contributed by atoms with Gasteiger partial charge < -0.3 is 14.7 Å². The van der Waals surface area contributed by atoms with Crippen LogP contribution in [0.5, 0.6) is 0 Å². The monoisotopic (exact) mass is 560 g/mol. The molecule has 3 heterocycles. The van der Waals surface area contributed by atoms with Crippen LogP contribution in [0.15, 0.2) is 53.3 Å². The van der Waals surface area contributed by atoms with Crippen molar-refractivity contribution in [3.63, 3.8) is 0 Å². The summed E-state index contributed by atoms with van der Waals surface area (Å²) in [6, 6.07) is 15.0. The number of carbonyl (C=O) groups is 3. The van der Waals surface area contributed by atoms with E-state index >= 15 is 0 Å². The van der Waals surface area contributed by atoms with Gasteiger partial charge >= 0.3 is 11.8 Å². The van der Waals surface area contributed by atoms with Crippen LogP contribution in [0, 0.1) is 5.92 Å². The van der Waals surface area contributed by atoms with Crippen LogP contribution in [-0.2, 0) is 34.2 Å². The van der Waals surface area contributed by atoms with Gasteiger partial charge in [0.1, 0.15) is 6.04 Å². The van der Waals surface area contributed by atoms with Crippen molar-refractivity contribution in [1.82, 2.24) is 19.4 Å². The third kappa shape index (κ3) is 5.40. The molecule has 3 atom stereocenters. The molecule has 2 saturated heterocycles. The molecule has 10 nitrogen and oxygen atoms in total. The lowest BCUT2D eigenvalue weighted by molar-refractivity contribution is -0.135. The number of aromatic nitrogens is 2. The Hall–Kier alpha value is -3.92. The molecule has 2 aliphatic heterocycles. The Morgan fingerprint density at radius 3 is 2.49 bits per heavy atom. The predicted octanol–water partition coefficient (Wildman–Crippen LogP) is 3.41. The smallest absolute Gasteiger partial charge is 0.407 e. The number of likely N-dealkylation sites (tertiary alicyclic amines) is 1. The number of carboxylic acid groups (broad SMARTS) is 1. The van der Waals surface area contributed by atoms with Crippen molar-refractivity contribution < 1.29 is 24.2 Å². The van der Waals surface area contributed by atoms with Crippen LogP contribution in [0.3, 0.4) is 0 Å². The Morgan fingerprint density at radius 1 is 0.976 bits per heavy atom. The van der Waals surface area contributed by atoms with Crippen LogP contribution < -0.4 is 11.0 Å². The van der Waals surface area contributed by atoms with Crippen molar-refractivity contribution in [1.29, 1.82) is 0 Å². The normalized spacial score (nSPS) is 26.6. The number of nitrogens with one attached hydrogen (secondary N) is 1. The van der Waals surface area contributed by atoms with Gasteiger partial charge in [0.15, 0.2) is 0 Å². The zero-order chi connectivity index (χ0) is 28.7. The lowest BCUT2D eigenvalue weighted by Crippen LogP contribution is -2.50. The highest BCUT2D eigenvalue weighted by Crippen LogP contribution is 2.37. The fourth-order valence-corrected chi connectivity index (χ4v) is 6.92. The Morgan fingerprint density at radius 2 is 1.76 bits per heavy atom. The summed E-state index contributed by atoms with van der Waals surface area (Å²) in [5.41, 5.74) is 3.48. The first-order valence-electron chi connectivity index (χ1n) is 14.5. The van der Waals surface area contributed by atoms with Crippen molar-refractivity contribution >= 4 is 28.9 Å². The molecule has 1 aromatic heterocycles. The van der Waals surface area contributed by atoms with Gasteiger partial charge in [0, 0.05) is 26.1 Å². The Labute approximate surface area is 237 Å². The highest BCUT2D eigenvalue weighted by atomic mass is 16.5. The number of ether oxygens (including phenoxy) is 1. The number of fused-ring (bicyclic) bond motifs is 1. The zero-order valence-corrected chi connectivity index (χ0v) is 23.2. The number of imidazole rings is 1. The van der Waals surface area contributed by atoms with E-state index in [1.54, 1.807) is 16.5 Å². The summed E-state index contributed by atoms with van der Waals surface area (Å²) in [5.74, 6) is -0.319. The molecule has 3 aliphatic rings. The van der Waals surface area contributed by atoms with Crippen LogP contribution >= 0.6 is 0 Å². The van der Waals surface area contributed by atoms with Crippen molar-refractivity contribution in [2.45, 2.75) is 75.7 Å². The fraction of sp³-hybridized carbons (Fsp3) is 0.484. The number of benzene rings is 2. The van der Waals surface area contributed by atoms with E-state index in [2.05, 4.69) is 5.32 Å². The maximum absolute atomic E-state index is 13.2. The van der Waals surface area contributed by atoms with Crippen LogP contribution in [-0.4, -0.2) is 61.8 Å². The minimum Gasteiger partial charge on any atom is -0.465 e.